The molecule has 33 heavy (non-hydrogen) atoms. The summed E-state index contributed by atoms with van der Waals surface area (Å²) in [4.78, 5) is 32.7. The molecule has 1 aliphatic heterocycles. The van der Waals surface area contributed by atoms with Gasteiger partial charge < -0.3 is 24.0 Å². The Hall–Kier alpha value is 1.19. The molecule has 0 bridgehead atoms. The van der Waals surface area contributed by atoms with Crippen molar-refractivity contribution >= 4 is 57.9 Å². The van der Waals surface area contributed by atoms with Crippen molar-refractivity contribution in [3.05, 3.63) is 64.3 Å². The van der Waals surface area contributed by atoms with Crippen LogP contribution >= 0.6 is 42.7 Å². The van der Waals surface area contributed by atoms with Crippen molar-refractivity contribution < 1.29 is 113 Å². The second kappa shape index (κ2) is 13.1. The van der Waals surface area contributed by atoms with Gasteiger partial charge >= 0.3 is 88.7 Å². The molecule has 0 unspecified atom stereocenters. The molecule has 1 aliphatic rings. The first-order chi connectivity index (χ1) is 14.1. The molecule has 2 aromatic carbocycles. The van der Waals surface area contributed by atoms with Crippen LogP contribution in [0.4, 0.5) is 0 Å². The molecule has 7 nitrogen and oxygen atoms in total. The van der Waals surface area contributed by atoms with Gasteiger partial charge in [0.15, 0.2) is 5.09 Å². The normalized spacial score (nSPS) is 16.2. The average Bonchev–Trinajstić information content (AvgIpc) is 3.20. The molecular formula is C19H14N2Na3O5PS3. The average molecular weight is 546 g/mol. The van der Waals surface area contributed by atoms with Gasteiger partial charge in [-0.05, 0) is 32.0 Å². The number of thioether (sulfide) groups is 2. The van der Waals surface area contributed by atoms with E-state index in [1.165, 1.54) is 35.2 Å². The number of hydrogen-bond donors (Lipinski definition) is 0. The van der Waals surface area contributed by atoms with Crippen LogP contribution in [-0.2, 0) is 9.09 Å². The first-order valence-corrected chi connectivity index (χ1v) is 12.6. The maximum Gasteiger partial charge on any atom is 1.00 e. The molecule has 0 amide bonds. The smallest absolute Gasteiger partial charge is 0.872 e. The quantitative estimate of drug-likeness (QED) is 0.135. The van der Waals surface area contributed by atoms with Crippen LogP contribution in [0.3, 0.4) is 0 Å². The summed E-state index contributed by atoms with van der Waals surface area (Å²) in [6.07, 6.45) is 0. The number of thiazole rings is 1. The summed E-state index contributed by atoms with van der Waals surface area (Å²) < 4.78 is 16.3. The van der Waals surface area contributed by atoms with Crippen LogP contribution in [0.15, 0.2) is 69.2 Å². The Morgan fingerprint density at radius 2 is 1.76 bits per heavy atom. The Labute approximate surface area is 270 Å². The molecule has 0 fully saturated rings. The van der Waals surface area contributed by atoms with Crippen molar-refractivity contribution in [2.24, 2.45) is 4.99 Å². The number of hydrogen-bond acceptors (Lipinski definition) is 10. The van der Waals surface area contributed by atoms with Gasteiger partial charge in [0.25, 0.3) is 0 Å². The second-order valence-corrected chi connectivity index (χ2v) is 11.5. The Balaban J connectivity index is 0.00000181. The minimum absolute atomic E-state index is 0. The van der Waals surface area contributed by atoms with Gasteiger partial charge in [0.2, 0.25) is 0 Å². The second-order valence-electron chi connectivity index (χ2n) is 6.77. The Kier molecular flexibility index (Phi) is 12.8. The van der Waals surface area contributed by atoms with Crippen molar-refractivity contribution in [3.8, 4) is 5.75 Å². The number of fused-ring (bicyclic) bond motifs is 1. The first-order valence-electron chi connectivity index (χ1n) is 8.66. The number of rotatable bonds is 5. The largest absolute Gasteiger partial charge is 1.00 e. The van der Waals surface area contributed by atoms with Gasteiger partial charge in [0.1, 0.15) is 23.6 Å². The summed E-state index contributed by atoms with van der Waals surface area (Å²) in [6.45, 7) is 3.73. The van der Waals surface area contributed by atoms with Crippen molar-refractivity contribution in [1.29, 1.82) is 0 Å². The summed E-state index contributed by atoms with van der Waals surface area (Å²) >= 11 is 3.74. The van der Waals surface area contributed by atoms with Gasteiger partial charge in [0.05, 0.1) is 15.0 Å². The third kappa shape index (κ3) is 8.35. The van der Waals surface area contributed by atoms with Crippen LogP contribution in [0, 0.1) is 0 Å². The number of phosphoric ester groups is 1. The minimum atomic E-state index is -5.29. The summed E-state index contributed by atoms with van der Waals surface area (Å²) in [6, 6.07) is 13.6. The standard InChI is InChI=1S/C19H17N2O5PS3.3Na/c1-19(2)15(18(26-27(23,24)25)28-12-6-4-3-5-7-12)21-17(30-19)16-20-13-9-8-11(22)10-14(13)29-16;;;/h3-10,22H,1-2H3,(H2,23,24,25);;;/q;3*+1/p-3/b18-15+;;;. The summed E-state index contributed by atoms with van der Waals surface area (Å²) in [5, 5.41) is 12.7. The first kappa shape index (κ1) is 32.2. The van der Waals surface area contributed by atoms with E-state index in [1.807, 2.05) is 19.9 Å². The number of aliphatic imine (C=N–C) groups is 1. The third-order valence-electron chi connectivity index (χ3n) is 4.02. The molecule has 0 saturated carbocycles. The molecule has 14 heteroatoms. The number of benzene rings is 2. The molecule has 0 radical (unpaired) electrons. The summed E-state index contributed by atoms with van der Waals surface area (Å²) in [7, 11) is -5.29. The van der Waals surface area contributed by atoms with E-state index >= 15 is 0 Å². The number of phosphoric acid groups is 1. The summed E-state index contributed by atoms with van der Waals surface area (Å²) in [5.74, 6) is -0.101. The maximum absolute atomic E-state index is 11.6. The van der Waals surface area contributed by atoms with Crippen molar-refractivity contribution in [2.75, 3.05) is 0 Å². The predicted molar refractivity (Wildman–Crippen MR) is 115 cm³/mol. The molecule has 0 N–H and O–H groups in total. The van der Waals surface area contributed by atoms with Gasteiger partial charge in [-0.2, -0.15) is 0 Å². The predicted octanol–water partition coefficient (Wildman–Crippen LogP) is -5.54. The Bertz CT molecular complexity index is 1230. The fraction of sp³-hybridized carbons (Fsp3) is 0.158. The van der Waals surface area contributed by atoms with Crippen LogP contribution in [0.5, 0.6) is 5.75 Å². The van der Waals surface area contributed by atoms with Crippen molar-refractivity contribution in [2.45, 2.75) is 23.5 Å². The molecule has 0 atom stereocenters. The fourth-order valence-corrected chi connectivity index (χ4v) is 6.53. The molecule has 0 saturated heterocycles. The van der Waals surface area contributed by atoms with E-state index in [0.717, 1.165) is 16.5 Å². The minimum Gasteiger partial charge on any atom is -0.872 e. The van der Waals surface area contributed by atoms with Gasteiger partial charge in [-0.25, -0.2) is 9.98 Å². The molecule has 0 spiro atoms. The molecule has 3 aromatic rings. The molecule has 156 valence electrons. The van der Waals surface area contributed by atoms with Crippen molar-refractivity contribution in [1.82, 2.24) is 4.98 Å². The van der Waals surface area contributed by atoms with Crippen LogP contribution in [0.1, 0.15) is 18.9 Å². The fourth-order valence-electron chi connectivity index (χ4n) is 2.74. The third-order valence-corrected chi connectivity index (χ3v) is 7.86. The zero-order valence-electron chi connectivity index (χ0n) is 18.7. The topological polar surface area (TPSA) is 121 Å². The zero-order valence-corrected chi connectivity index (χ0v) is 28.1. The van der Waals surface area contributed by atoms with Gasteiger partial charge in [-0.1, -0.05) is 53.9 Å². The van der Waals surface area contributed by atoms with Crippen LogP contribution in [-0.4, -0.2) is 14.8 Å². The van der Waals surface area contributed by atoms with E-state index < -0.39 is 12.6 Å². The van der Waals surface area contributed by atoms with Crippen molar-refractivity contribution in [3.63, 3.8) is 0 Å². The SMILES string of the molecule is CC1(C)SC(c2nc3ccc([O-])cc3s2)=N/C1=C(\OP(=O)([O-])[O-])Sc1ccccc1.[Na+].[Na+].[Na+]. The Morgan fingerprint density at radius 1 is 1.09 bits per heavy atom. The van der Waals surface area contributed by atoms with E-state index in [4.69, 9.17) is 4.52 Å². The van der Waals surface area contributed by atoms with Crippen LogP contribution < -0.4 is 104 Å². The van der Waals surface area contributed by atoms with E-state index in [-0.39, 0.29) is 99.5 Å². The van der Waals surface area contributed by atoms with E-state index in [2.05, 4.69) is 9.98 Å². The number of nitrogens with zero attached hydrogens (tertiary/aromatic N) is 2. The van der Waals surface area contributed by atoms with Gasteiger partial charge in [0, 0.05) is 4.90 Å². The molecule has 1 aromatic heterocycles. The molecule has 2 heterocycles. The monoisotopic (exact) mass is 546 g/mol. The number of aromatic nitrogens is 1. The van der Waals surface area contributed by atoms with Crippen LogP contribution in [0.25, 0.3) is 10.2 Å². The van der Waals surface area contributed by atoms with E-state index in [0.29, 0.717) is 26.2 Å². The van der Waals surface area contributed by atoms with Gasteiger partial charge in [-0.3, -0.25) is 0 Å². The molecule has 0 aliphatic carbocycles. The summed E-state index contributed by atoms with van der Waals surface area (Å²) in [5.41, 5.74) is 1.03. The van der Waals surface area contributed by atoms with Gasteiger partial charge in [-0.15, -0.1) is 17.1 Å². The van der Waals surface area contributed by atoms with E-state index in [9.17, 15) is 19.5 Å². The molecular weight excluding hydrogens is 532 g/mol. The maximum atomic E-state index is 11.6. The zero-order chi connectivity index (χ0) is 21.5. The van der Waals surface area contributed by atoms with Crippen LogP contribution in [0.2, 0.25) is 0 Å². The Morgan fingerprint density at radius 3 is 2.39 bits per heavy atom. The molecule has 4 rings (SSSR count). The van der Waals surface area contributed by atoms with E-state index in [1.54, 1.807) is 30.3 Å².